The maximum atomic E-state index is 12.3. The van der Waals surface area contributed by atoms with Gasteiger partial charge in [-0.25, -0.2) is 9.97 Å². The SMILES string of the molecule is CC1CCC2c3c(SCC(=O)NC(=O)c4ccc(Br)cc4)ncnc3SC2C1. The van der Waals surface area contributed by atoms with Gasteiger partial charge in [0.05, 0.1) is 5.75 Å². The van der Waals surface area contributed by atoms with Crippen LogP contribution in [0.2, 0.25) is 0 Å². The Bertz CT molecular complexity index is 907. The van der Waals surface area contributed by atoms with Crippen LogP contribution in [0.5, 0.6) is 0 Å². The van der Waals surface area contributed by atoms with E-state index in [0.717, 1.165) is 26.9 Å². The quantitative estimate of drug-likeness (QED) is 0.509. The Morgan fingerprint density at radius 1 is 1.25 bits per heavy atom. The van der Waals surface area contributed by atoms with Gasteiger partial charge in [-0.3, -0.25) is 14.9 Å². The number of halogens is 1. The summed E-state index contributed by atoms with van der Waals surface area (Å²) in [6.45, 7) is 2.31. The molecular formula is C20H20BrN3O2S2. The van der Waals surface area contributed by atoms with Crippen molar-refractivity contribution < 1.29 is 9.59 Å². The molecule has 2 aromatic rings. The molecule has 146 valence electrons. The third kappa shape index (κ3) is 4.28. The highest BCUT2D eigenvalue weighted by Gasteiger charge is 2.40. The highest BCUT2D eigenvalue weighted by atomic mass is 79.9. The van der Waals surface area contributed by atoms with E-state index in [-0.39, 0.29) is 17.6 Å². The van der Waals surface area contributed by atoms with E-state index in [9.17, 15) is 9.59 Å². The number of hydrogen-bond donors (Lipinski definition) is 1. The molecule has 5 nitrogen and oxygen atoms in total. The zero-order valence-electron chi connectivity index (χ0n) is 15.4. The lowest BCUT2D eigenvalue weighted by Gasteiger charge is -2.29. The topological polar surface area (TPSA) is 72.0 Å². The van der Waals surface area contributed by atoms with Gasteiger partial charge in [0.15, 0.2) is 0 Å². The number of amides is 2. The number of benzene rings is 1. The summed E-state index contributed by atoms with van der Waals surface area (Å²) in [4.78, 5) is 33.4. The third-order valence-electron chi connectivity index (χ3n) is 5.20. The van der Waals surface area contributed by atoms with Gasteiger partial charge in [0.2, 0.25) is 5.91 Å². The summed E-state index contributed by atoms with van der Waals surface area (Å²) in [5.74, 6) is 0.687. The van der Waals surface area contributed by atoms with Gasteiger partial charge in [-0.2, -0.15) is 0 Å². The fourth-order valence-corrected chi connectivity index (χ4v) is 6.62. The number of rotatable bonds is 4. The molecule has 0 spiro atoms. The molecular weight excluding hydrogens is 458 g/mol. The number of aromatic nitrogens is 2. The Kier molecular flexibility index (Phi) is 6.08. The van der Waals surface area contributed by atoms with Crippen LogP contribution in [0.4, 0.5) is 0 Å². The average molecular weight is 478 g/mol. The van der Waals surface area contributed by atoms with E-state index in [2.05, 4.69) is 38.1 Å². The number of carbonyl (C=O) groups is 2. The monoisotopic (exact) mass is 477 g/mol. The lowest BCUT2D eigenvalue weighted by atomic mass is 9.80. The van der Waals surface area contributed by atoms with Gasteiger partial charge in [0, 0.05) is 26.8 Å². The fraction of sp³-hybridized carbons (Fsp3) is 0.400. The molecule has 4 rings (SSSR count). The van der Waals surface area contributed by atoms with Gasteiger partial charge in [-0.1, -0.05) is 41.0 Å². The number of nitrogens with one attached hydrogen (secondary N) is 1. The second-order valence-corrected chi connectivity index (χ2v) is 10.4. The number of carbonyl (C=O) groups excluding carboxylic acids is 2. The number of fused-ring (bicyclic) bond motifs is 3. The average Bonchev–Trinajstić information content (AvgIpc) is 3.04. The first-order valence-corrected chi connectivity index (χ1v) is 11.9. The van der Waals surface area contributed by atoms with Crippen LogP contribution in [0.1, 0.15) is 48.0 Å². The number of nitrogens with zero attached hydrogens (tertiary/aromatic N) is 2. The summed E-state index contributed by atoms with van der Waals surface area (Å²) in [7, 11) is 0. The van der Waals surface area contributed by atoms with Crippen LogP contribution >= 0.6 is 39.5 Å². The Morgan fingerprint density at radius 3 is 2.82 bits per heavy atom. The minimum Gasteiger partial charge on any atom is -0.292 e. The van der Waals surface area contributed by atoms with E-state index in [0.29, 0.717) is 16.7 Å². The molecule has 1 aromatic carbocycles. The van der Waals surface area contributed by atoms with Crippen LogP contribution in [0, 0.1) is 5.92 Å². The van der Waals surface area contributed by atoms with Gasteiger partial charge < -0.3 is 0 Å². The molecule has 3 atom stereocenters. The Morgan fingerprint density at radius 2 is 2.04 bits per heavy atom. The van der Waals surface area contributed by atoms with Crippen LogP contribution in [-0.2, 0) is 4.79 Å². The van der Waals surface area contributed by atoms with Gasteiger partial charge in [0.25, 0.3) is 5.91 Å². The van der Waals surface area contributed by atoms with Crippen molar-refractivity contribution in [2.75, 3.05) is 5.75 Å². The van der Waals surface area contributed by atoms with Gasteiger partial charge >= 0.3 is 0 Å². The first kappa shape index (κ1) is 19.9. The molecule has 2 aliphatic rings. The Hall–Kier alpha value is -1.38. The molecule has 1 fully saturated rings. The van der Waals surface area contributed by atoms with Crippen molar-refractivity contribution in [3.63, 3.8) is 0 Å². The Labute approximate surface area is 181 Å². The normalized spacial score (nSPS) is 23.0. The zero-order valence-corrected chi connectivity index (χ0v) is 18.6. The minimum atomic E-state index is -0.386. The van der Waals surface area contributed by atoms with Crippen LogP contribution in [0.3, 0.4) is 0 Å². The number of hydrogen-bond acceptors (Lipinski definition) is 6. The predicted octanol–water partition coefficient (Wildman–Crippen LogP) is 4.67. The van der Waals surface area contributed by atoms with E-state index in [1.165, 1.54) is 30.2 Å². The summed E-state index contributed by atoms with van der Waals surface area (Å²) in [5, 5.41) is 4.97. The first-order valence-electron chi connectivity index (χ1n) is 9.25. The first-order chi connectivity index (χ1) is 13.5. The molecule has 2 heterocycles. The van der Waals surface area contributed by atoms with Crippen molar-refractivity contribution >= 4 is 51.3 Å². The molecule has 1 aliphatic carbocycles. The summed E-state index contributed by atoms with van der Waals surface area (Å²) in [5.41, 5.74) is 1.67. The molecule has 8 heteroatoms. The molecule has 2 amide bonds. The molecule has 0 saturated heterocycles. The predicted molar refractivity (Wildman–Crippen MR) is 115 cm³/mol. The maximum Gasteiger partial charge on any atom is 0.257 e. The molecule has 28 heavy (non-hydrogen) atoms. The van der Waals surface area contributed by atoms with E-state index >= 15 is 0 Å². The molecule has 1 N–H and O–H groups in total. The van der Waals surface area contributed by atoms with E-state index in [1.807, 2.05) is 11.8 Å². The number of thioether (sulfide) groups is 2. The largest absolute Gasteiger partial charge is 0.292 e. The van der Waals surface area contributed by atoms with Crippen molar-refractivity contribution in [2.45, 2.75) is 47.4 Å². The summed E-state index contributed by atoms with van der Waals surface area (Å²) < 4.78 is 0.886. The second kappa shape index (κ2) is 8.55. The fourth-order valence-electron chi connectivity index (χ4n) is 3.79. The molecule has 1 aliphatic heterocycles. The maximum absolute atomic E-state index is 12.3. The summed E-state index contributed by atoms with van der Waals surface area (Å²) in [6.07, 6.45) is 5.17. The molecule has 0 bridgehead atoms. The van der Waals surface area contributed by atoms with E-state index in [4.69, 9.17) is 0 Å². The highest BCUT2D eigenvalue weighted by molar-refractivity contribution is 9.10. The lowest BCUT2D eigenvalue weighted by Crippen LogP contribution is -2.31. The van der Waals surface area contributed by atoms with Crippen molar-refractivity contribution in [1.82, 2.24) is 15.3 Å². The van der Waals surface area contributed by atoms with Gasteiger partial charge in [0.1, 0.15) is 16.4 Å². The van der Waals surface area contributed by atoms with Crippen molar-refractivity contribution in [3.05, 3.63) is 46.2 Å². The minimum absolute atomic E-state index is 0.157. The zero-order chi connectivity index (χ0) is 19.7. The lowest BCUT2D eigenvalue weighted by molar-refractivity contribution is -0.117. The van der Waals surface area contributed by atoms with Gasteiger partial charge in [-0.05, 0) is 43.0 Å². The molecule has 3 unspecified atom stereocenters. The van der Waals surface area contributed by atoms with E-state index in [1.54, 1.807) is 30.6 Å². The van der Waals surface area contributed by atoms with Gasteiger partial charge in [-0.15, -0.1) is 11.8 Å². The summed E-state index contributed by atoms with van der Waals surface area (Å²) >= 11 is 6.58. The van der Waals surface area contributed by atoms with Crippen molar-refractivity contribution in [2.24, 2.45) is 5.92 Å². The Balaban J connectivity index is 1.40. The smallest absolute Gasteiger partial charge is 0.257 e. The van der Waals surface area contributed by atoms with Crippen molar-refractivity contribution in [3.8, 4) is 0 Å². The highest BCUT2D eigenvalue weighted by Crippen LogP contribution is 2.54. The van der Waals surface area contributed by atoms with Crippen LogP contribution < -0.4 is 5.32 Å². The standard InChI is InChI=1S/C20H20BrN3O2S2/c1-11-2-7-14-15(8-11)28-20-17(14)19(22-10-23-20)27-9-16(25)24-18(26)12-3-5-13(21)6-4-12/h3-6,10-11,14-15H,2,7-9H2,1H3,(H,24,25,26). The molecule has 0 radical (unpaired) electrons. The second-order valence-electron chi connectivity index (χ2n) is 7.25. The summed E-state index contributed by atoms with van der Waals surface area (Å²) in [6, 6.07) is 6.91. The van der Waals surface area contributed by atoms with Crippen LogP contribution in [-0.4, -0.2) is 32.8 Å². The third-order valence-corrected chi connectivity index (χ3v) is 8.10. The molecule has 1 saturated carbocycles. The number of imide groups is 1. The van der Waals surface area contributed by atoms with E-state index < -0.39 is 0 Å². The van der Waals surface area contributed by atoms with Crippen LogP contribution in [0.15, 0.2) is 45.1 Å². The van der Waals surface area contributed by atoms with Crippen LogP contribution in [0.25, 0.3) is 0 Å². The molecule has 1 aromatic heterocycles. The van der Waals surface area contributed by atoms with Crippen molar-refractivity contribution in [1.29, 1.82) is 0 Å².